The second-order valence-electron chi connectivity index (χ2n) is 7.15. The van der Waals surface area contributed by atoms with Crippen LogP contribution in [0.15, 0.2) is 27.7 Å². The normalized spacial score (nSPS) is 17.8. The van der Waals surface area contributed by atoms with E-state index in [1.807, 2.05) is 24.4 Å². The number of fused-ring (bicyclic) bond motifs is 1. The fourth-order valence-corrected chi connectivity index (χ4v) is 4.35. The fraction of sp³-hybridized carbons (Fsp3) is 0.300. The molecule has 4 rings (SSSR count). The number of pyridine rings is 1. The minimum absolute atomic E-state index is 0.0312. The first-order valence-corrected chi connectivity index (χ1v) is 10.4. The Bertz CT molecular complexity index is 1110. The molecule has 1 fully saturated rings. The van der Waals surface area contributed by atoms with E-state index in [9.17, 15) is 5.26 Å². The van der Waals surface area contributed by atoms with Gasteiger partial charge in [-0.25, -0.2) is 9.98 Å². The summed E-state index contributed by atoms with van der Waals surface area (Å²) in [5, 5.41) is 24.1. The molecule has 3 heterocycles. The van der Waals surface area contributed by atoms with Gasteiger partial charge in [-0.2, -0.15) is 10.5 Å². The number of benzene rings is 1. The van der Waals surface area contributed by atoms with Crippen LogP contribution >= 0.6 is 15.9 Å². The number of piperidine rings is 1. The number of nitriles is 2. The van der Waals surface area contributed by atoms with Crippen LogP contribution in [0.2, 0.25) is 0 Å². The van der Waals surface area contributed by atoms with Crippen molar-refractivity contribution in [3.63, 3.8) is 0 Å². The Morgan fingerprint density at radius 2 is 1.97 bits per heavy atom. The molecule has 1 saturated heterocycles. The highest BCUT2D eigenvalue weighted by Gasteiger charge is 2.32. The second kappa shape index (κ2) is 8.09. The van der Waals surface area contributed by atoms with Crippen LogP contribution in [0.25, 0.3) is 0 Å². The SMILES string of the molecule is N#CNC1=NC(c2cc(Br)ccc2N2CCCCC2)c2c(nc(N)c(C#N)c2N)N1. The van der Waals surface area contributed by atoms with Crippen molar-refractivity contribution >= 4 is 44.9 Å². The highest BCUT2D eigenvalue weighted by molar-refractivity contribution is 9.10. The zero-order valence-electron chi connectivity index (χ0n) is 16.1. The predicted molar refractivity (Wildman–Crippen MR) is 120 cm³/mol. The van der Waals surface area contributed by atoms with Crippen LogP contribution in [-0.2, 0) is 0 Å². The molecule has 0 spiro atoms. The van der Waals surface area contributed by atoms with Crippen LogP contribution in [0.3, 0.4) is 0 Å². The lowest BCUT2D eigenvalue weighted by Gasteiger charge is -2.33. The molecule has 0 saturated carbocycles. The molecule has 30 heavy (non-hydrogen) atoms. The summed E-state index contributed by atoms with van der Waals surface area (Å²) in [6.07, 6.45) is 5.35. The molecule has 1 unspecified atom stereocenters. The molecule has 2 aliphatic heterocycles. The Kier molecular flexibility index (Phi) is 5.34. The van der Waals surface area contributed by atoms with E-state index in [0.717, 1.165) is 41.7 Å². The van der Waals surface area contributed by atoms with Crippen LogP contribution < -0.4 is 27.0 Å². The van der Waals surface area contributed by atoms with Gasteiger partial charge in [0, 0.05) is 34.4 Å². The first-order chi connectivity index (χ1) is 14.5. The van der Waals surface area contributed by atoms with E-state index < -0.39 is 6.04 Å². The van der Waals surface area contributed by atoms with Gasteiger partial charge in [0.1, 0.15) is 29.3 Å². The molecular weight excluding hydrogens is 446 g/mol. The standard InChI is InChI=1S/C20H20BrN9/c21-11-4-5-14(30-6-2-1-3-7-30)12(8-11)17-15-16(24)13(9-22)18(25)28-19(15)29-20(27-17)26-10-23/h4-5,8,17H,1-3,6-7H2,(H6,24,25,26,27,28,29). The Morgan fingerprint density at radius 1 is 1.20 bits per heavy atom. The van der Waals surface area contributed by atoms with Gasteiger partial charge in [0.2, 0.25) is 5.96 Å². The molecule has 10 heteroatoms. The summed E-state index contributed by atoms with van der Waals surface area (Å²) in [7, 11) is 0. The number of rotatable bonds is 2. The summed E-state index contributed by atoms with van der Waals surface area (Å²) in [5.74, 6) is 0.658. The number of aromatic nitrogens is 1. The van der Waals surface area contributed by atoms with Crippen LogP contribution in [-0.4, -0.2) is 24.0 Å². The smallest absolute Gasteiger partial charge is 0.211 e. The lowest BCUT2D eigenvalue weighted by Crippen LogP contribution is -2.34. The Morgan fingerprint density at radius 3 is 2.67 bits per heavy atom. The Balaban J connectivity index is 1.94. The highest BCUT2D eigenvalue weighted by Crippen LogP contribution is 2.44. The summed E-state index contributed by atoms with van der Waals surface area (Å²) in [5.41, 5.74) is 15.2. The zero-order chi connectivity index (χ0) is 21.3. The van der Waals surface area contributed by atoms with Crippen LogP contribution in [0, 0.1) is 22.8 Å². The molecule has 152 valence electrons. The number of halogens is 1. The molecule has 1 aromatic heterocycles. The van der Waals surface area contributed by atoms with E-state index in [4.69, 9.17) is 21.7 Å². The first kappa shape index (κ1) is 19.8. The van der Waals surface area contributed by atoms with Gasteiger partial charge in [0.15, 0.2) is 6.19 Å². The largest absolute Gasteiger partial charge is 0.397 e. The topological polar surface area (TPSA) is 152 Å². The summed E-state index contributed by atoms with van der Waals surface area (Å²) in [4.78, 5) is 11.4. The van der Waals surface area contributed by atoms with E-state index in [2.05, 4.69) is 42.5 Å². The lowest BCUT2D eigenvalue weighted by molar-refractivity contribution is 0.575. The Labute approximate surface area is 182 Å². The van der Waals surface area contributed by atoms with Crippen molar-refractivity contribution in [2.24, 2.45) is 4.99 Å². The van der Waals surface area contributed by atoms with Crippen LogP contribution in [0.4, 0.5) is 23.0 Å². The van der Waals surface area contributed by atoms with Gasteiger partial charge < -0.3 is 21.7 Å². The minimum Gasteiger partial charge on any atom is -0.397 e. The van der Waals surface area contributed by atoms with E-state index in [0.29, 0.717) is 11.4 Å². The molecule has 0 aliphatic carbocycles. The molecule has 0 amide bonds. The number of guanidine groups is 1. The lowest BCUT2D eigenvalue weighted by atomic mass is 9.93. The van der Waals surface area contributed by atoms with E-state index >= 15 is 0 Å². The summed E-state index contributed by atoms with van der Waals surface area (Å²) < 4.78 is 0.894. The fourth-order valence-electron chi connectivity index (χ4n) is 3.97. The van der Waals surface area contributed by atoms with Gasteiger partial charge in [-0.15, -0.1) is 0 Å². The molecule has 0 bridgehead atoms. The van der Waals surface area contributed by atoms with Crippen molar-refractivity contribution in [2.45, 2.75) is 25.3 Å². The van der Waals surface area contributed by atoms with Gasteiger partial charge in [0.25, 0.3) is 0 Å². The minimum atomic E-state index is -0.563. The number of nitrogens with one attached hydrogen (secondary N) is 2. The molecule has 1 atom stereocenters. The van der Waals surface area contributed by atoms with Gasteiger partial charge >= 0.3 is 0 Å². The highest BCUT2D eigenvalue weighted by atomic mass is 79.9. The van der Waals surface area contributed by atoms with E-state index in [-0.39, 0.29) is 23.0 Å². The summed E-state index contributed by atoms with van der Waals surface area (Å²) in [6, 6.07) is 7.53. The summed E-state index contributed by atoms with van der Waals surface area (Å²) in [6.45, 7) is 1.91. The monoisotopic (exact) mass is 465 g/mol. The molecule has 2 aromatic rings. The van der Waals surface area contributed by atoms with Gasteiger partial charge in [-0.3, -0.25) is 5.32 Å². The number of hydrogen-bond donors (Lipinski definition) is 4. The number of nitrogens with zero attached hydrogens (tertiary/aromatic N) is 5. The number of anilines is 4. The van der Waals surface area contributed by atoms with Crippen LogP contribution in [0.1, 0.15) is 42.0 Å². The van der Waals surface area contributed by atoms with Crippen molar-refractivity contribution in [1.29, 1.82) is 10.5 Å². The van der Waals surface area contributed by atoms with Crippen molar-refractivity contribution in [1.82, 2.24) is 10.3 Å². The molecule has 2 aliphatic rings. The Hall–Kier alpha value is -3.50. The molecule has 1 aromatic carbocycles. The van der Waals surface area contributed by atoms with E-state index in [1.165, 1.54) is 6.42 Å². The van der Waals surface area contributed by atoms with Crippen molar-refractivity contribution in [3.8, 4) is 12.3 Å². The third-order valence-corrected chi connectivity index (χ3v) is 5.83. The number of nitrogens with two attached hydrogens (primary N) is 2. The van der Waals surface area contributed by atoms with Gasteiger partial charge in [-0.1, -0.05) is 15.9 Å². The van der Waals surface area contributed by atoms with Gasteiger partial charge in [-0.05, 0) is 37.5 Å². The maximum atomic E-state index is 9.52. The number of aliphatic imine (C=N–C) groups is 1. The number of hydrogen-bond acceptors (Lipinski definition) is 9. The first-order valence-electron chi connectivity index (χ1n) is 9.56. The average Bonchev–Trinajstić information content (AvgIpc) is 2.74. The molecule has 0 radical (unpaired) electrons. The molecule has 6 N–H and O–H groups in total. The maximum absolute atomic E-state index is 9.52. The third kappa shape index (κ3) is 3.46. The zero-order valence-corrected chi connectivity index (χ0v) is 17.7. The summed E-state index contributed by atoms with van der Waals surface area (Å²) >= 11 is 3.56. The van der Waals surface area contributed by atoms with Crippen LogP contribution in [0.5, 0.6) is 0 Å². The van der Waals surface area contributed by atoms with Crippen molar-refractivity contribution in [2.75, 3.05) is 34.8 Å². The van der Waals surface area contributed by atoms with E-state index in [1.54, 1.807) is 0 Å². The number of nitrogen functional groups attached to an aromatic ring is 2. The van der Waals surface area contributed by atoms with Crippen molar-refractivity contribution in [3.05, 3.63) is 39.4 Å². The second-order valence-corrected chi connectivity index (χ2v) is 8.07. The maximum Gasteiger partial charge on any atom is 0.211 e. The molecular formula is C20H20BrN9. The predicted octanol–water partition coefficient (Wildman–Crippen LogP) is 2.81. The quantitative estimate of drug-likeness (QED) is 0.390. The van der Waals surface area contributed by atoms with Gasteiger partial charge in [0.05, 0.1) is 5.69 Å². The average molecular weight is 466 g/mol. The third-order valence-electron chi connectivity index (χ3n) is 5.34. The molecule has 9 nitrogen and oxygen atoms in total. The van der Waals surface area contributed by atoms with Crippen molar-refractivity contribution < 1.29 is 0 Å².